The van der Waals surface area contributed by atoms with Crippen molar-refractivity contribution in [2.75, 3.05) is 32.6 Å². The van der Waals surface area contributed by atoms with Crippen LogP contribution in [0.2, 0.25) is 0 Å². The summed E-state index contributed by atoms with van der Waals surface area (Å²) in [6.45, 7) is 2.03. The van der Waals surface area contributed by atoms with Crippen LogP contribution in [-0.4, -0.2) is 44.2 Å². The van der Waals surface area contributed by atoms with Gasteiger partial charge in [0.2, 0.25) is 0 Å². The van der Waals surface area contributed by atoms with Crippen LogP contribution in [-0.2, 0) is 4.74 Å². The number of hydrogen-bond acceptors (Lipinski definition) is 4. The minimum atomic E-state index is -0.523. The van der Waals surface area contributed by atoms with E-state index in [9.17, 15) is 9.18 Å². The number of benzene rings is 1. The molecule has 104 valence electrons. The molecule has 0 aliphatic carbocycles. The van der Waals surface area contributed by atoms with Gasteiger partial charge in [-0.3, -0.25) is 0 Å². The summed E-state index contributed by atoms with van der Waals surface area (Å²) in [6, 6.07) is 4.67. The van der Waals surface area contributed by atoms with Crippen molar-refractivity contribution < 1.29 is 13.9 Å². The van der Waals surface area contributed by atoms with Crippen molar-refractivity contribution in [1.82, 2.24) is 4.90 Å². The van der Waals surface area contributed by atoms with Gasteiger partial charge >= 0.3 is 5.97 Å². The fraction of sp³-hybridized carbons (Fsp3) is 0.500. The number of halogens is 1. The molecule has 1 aliphatic heterocycles. The maximum absolute atomic E-state index is 13.9. The van der Waals surface area contributed by atoms with Gasteiger partial charge in [0.15, 0.2) is 0 Å². The maximum atomic E-state index is 13.9. The van der Waals surface area contributed by atoms with Crippen LogP contribution in [0.15, 0.2) is 18.2 Å². The summed E-state index contributed by atoms with van der Waals surface area (Å²) in [6.07, 6.45) is 1.99. The predicted molar refractivity (Wildman–Crippen MR) is 71.9 cm³/mol. The molecule has 1 aliphatic rings. The number of anilines is 1. The number of piperidine rings is 1. The molecule has 19 heavy (non-hydrogen) atoms. The zero-order valence-electron chi connectivity index (χ0n) is 11.3. The zero-order valence-corrected chi connectivity index (χ0v) is 11.3. The highest BCUT2D eigenvalue weighted by Gasteiger charge is 2.18. The van der Waals surface area contributed by atoms with Crippen molar-refractivity contribution in [3.8, 4) is 0 Å². The molecule has 1 aromatic carbocycles. The molecular weight excluding hydrogens is 247 g/mol. The summed E-state index contributed by atoms with van der Waals surface area (Å²) < 4.78 is 18.5. The smallest absolute Gasteiger partial charge is 0.337 e. The lowest BCUT2D eigenvalue weighted by atomic mass is 10.0. The molecule has 4 nitrogen and oxygen atoms in total. The van der Waals surface area contributed by atoms with Crippen LogP contribution in [0.3, 0.4) is 0 Å². The first-order valence-corrected chi connectivity index (χ1v) is 6.43. The quantitative estimate of drug-likeness (QED) is 0.851. The molecule has 1 saturated heterocycles. The number of nitrogens with one attached hydrogen (secondary N) is 1. The minimum absolute atomic E-state index is 0.230. The van der Waals surface area contributed by atoms with Gasteiger partial charge in [-0.1, -0.05) is 0 Å². The SMILES string of the molecule is COC(=O)c1ccc(NC2CCN(C)CC2)c(F)c1. The summed E-state index contributed by atoms with van der Waals surface area (Å²) in [5, 5.41) is 3.20. The fourth-order valence-corrected chi connectivity index (χ4v) is 2.25. The number of nitrogens with zero attached hydrogens (tertiary/aromatic N) is 1. The molecule has 1 N–H and O–H groups in total. The van der Waals surface area contributed by atoms with E-state index in [1.54, 1.807) is 12.1 Å². The lowest BCUT2D eigenvalue weighted by Crippen LogP contribution is -2.36. The molecular formula is C14H19FN2O2. The highest BCUT2D eigenvalue weighted by Crippen LogP contribution is 2.20. The van der Waals surface area contributed by atoms with Gasteiger partial charge < -0.3 is 15.0 Å². The molecule has 1 fully saturated rings. The van der Waals surface area contributed by atoms with Gasteiger partial charge in [0, 0.05) is 6.04 Å². The van der Waals surface area contributed by atoms with E-state index in [1.807, 2.05) is 0 Å². The highest BCUT2D eigenvalue weighted by molar-refractivity contribution is 5.89. The van der Waals surface area contributed by atoms with E-state index >= 15 is 0 Å². The van der Waals surface area contributed by atoms with Crippen LogP contribution in [0.5, 0.6) is 0 Å². The van der Waals surface area contributed by atoms with Crippen molar-refractivity contribution in [3.63, 3.8) is 0 Å². The summed E-state index contributed by atoms with van der Waals surface area (Å²) in [4.78, 5) is 13.5. The summed E-state index contributed by atoms with van der Waals surface area (Å²) in [7, 11) is 3.37. The van der Waals surface area contributed by atoms with Gasteiger partial charge in [0.1, 0.15) is 5.82 Å². The molecule has 0 aromatic heterocycles. The Kier molecular flexibility index (Phi) is 4.37. The molecule has 0 saturated carbocycles. The van der Waals surface area contributed by atoms with Gasteiger partial charge in [-0.05, 0) is 51.2 Å². The number of carbonyl (C=O) groups excluding carboxylic acids is 1. The van der Waals surface area contributed by atoms with Gasteiger partial charge in [0.25, 0.3) is 0 Å². The van der Waals surface area contributed by atoms with E-state index in [-0.39, 0.29) is 11.6 Å². The van der Waals surface area contributed by atoms with E-state index < -0.39 is 11.8 Å². The highest BCUT2D eigenvalue weighted by atomic mass is 19.1. The molecule has 0 bridgehead atoms. The number of ether oxygens (including phenoxy) is 1. The Morgan fingerprint density at radius 1 is 1.42 bits per heavy atom. The zero-order chi connectivity index (χ0) is 13.8. The number of rotatable bonds is 3. The van der Waals surface area contributed by atoms with Gasteiger partial charge in [-0.25, -0.2) is 9.18 Å². The van der Waals surface area contributed by atoms with E-state index in [1.165, 1.54) is 13.2 Å². The number of hydrogen-bond donors (Lipinski definition) is 1. The fourth-order valence-electron chi connectivity index (χ4n) is 2.25. The Balaban J connectivity index is 2.03. The number of methoxy groups -OCH3 is 1. The first kappa shape index (κ1) is 13.8. The van der Waals surface area contributed by atoms with Crippen molar-refractivity contribution >= 4 is 11.7 Å². The Hall–Kier alpha value is -1.62. The second-order valence-corrected chi connectivity index (χ2v) is 4.91. The summed E-state index contributed by atoms with van der Waals surface area (Å²) in [5.74, 6) is -0.938. The van der Waals surface area contributed by atoms with Crippen molar-refractivity contribution in [1.29, 1.82) is 0 Å². The van der Waals surface area contributed by atoms with E-state index in [0.717, 1.165) is 25.9 Å². The average molecular weight is 266 g/mol. The maximum Gasteiger partial charge on any atom is 0.337 e. The third-order valence-electron chi connectivity index (χ3n) is 3.47. The molecule has 0 amide bonds. The third-order valence-corrected chi connectivity index (χ3v) is 3.47. The van der Waals surface area contributed by atoms with Crippen molar-refractivity contribution in [2.24, 2.45) is 0 Å². The van der Waals surface area contributed by atoms with Crippen LogP contribution >= 0.6 is 0 Å². The topological polar surface area (TPSA) is 41.6 Å². The number of likely N-dealkylation sites (tertiary alicyclic amines) is 1. The average Bonchev–Trinajstić information content (AvgIpc) is 2.42. The second-order valence-electron chi connectivity index (χ2n) is 4.91. The van der Waals surface area contributed by atoms with E-state index in [4.69, 9.17) is 0 Å². The minimum Gasteiger partial charge on any atom is -0.465 e. The van der Waals surface area contributed by atoms with E-state index in [2.05, 4.69) is 22.0 Å². The predicted octanol–water partition coefficient (Wildman–Crippen LogP) is 2.12. The molecule has 0 radical (unpaired) electrons. The van der Waals surface area contributed by atoms with Gasteiger partial charge in [0.05, 0.1) is 18.4 Å². The van der Waals surface area contributed by atoms with Crippen molar-refractivity contribution in [2.45, 2.75) is 18.9 Å². The third kappa shape index (κ3) is 3.44. The normalized spacial score (nSPS) is 17.2. The van der Waals surface area contributed by atoms with Crippen LogP contribution in [0, 0.1) is 5.82 Å². The lowest BCUT2D eigenvalue weighted by molar-refractivity contribution is 0.0600. The first-order chi connectivity index (χ1) is 9.10. The monoisotopic (exact) mass is 266 g/mol. The molecule has 1 heterocycles. The molecule has 5 heteroatoms. The summed E-state index contributed by atoms with van der Waals surface area (Å²) in [5.41, 5.74) is 0.677. The lowest BCUT2D eigenvalue weighted by Gasteiger charge is -2.30. The standard InChI is InChI=1S/C14H19FN2O2/c1-17-7-5-11(6-8-17)16-13-4-3-10(9-12(13)15)14(18)19-2/h3-4,9,11,16H,5-8H2,1-2H3. The summed E-state index contributed by atoms with van der Waals surface area (Å²) >= 11 is 0. The Labute approximate surface area is 112 Å². The van der Waals surface area contributed by atoms with Crippen LogP contribution in [0.4, 0.5) is 10.1 Å². The second kappa shape index (κ2) is 6.02. The molecule has 0 spiro atoms. The van der Waals surface area contributed by atoms with Crippen LogP contribution < -0.4 is 5.32 Å². The number of esters is 1. The molecule has 2 rings (SSSR count). The molecule has 0 unspecified atom stereocenters. The van der Waals surface area contributed by atoms with Crippen molar-refractivity contribution in [3.05, 3.63) is 29.6 Å². The van der Waals surface area contributed by atoms with Crippen LogP contribution in [0.1, 0.15) is 23.2 Å². The molecule has 1 aromatic rings. The number of carbonyl (C=O) groups is 1. The largest absolute Gasteiger partial charge is 0.465 e. The van der Waals surface area contributed by atoms with Crippen LogP contribution in [0.25, 0.3) is 0 Å². The van der Waals surface area contributed by atoms with E-state index in [0.29, 0.717) is 5.69 Å². The van der Waals surface area contributed by atoms with Gasteiger partial charge in [-0.15, -0.1) is 0 Å². The Bertz CT molecular complexity index is 457. The van der Waals surface area contributed by atoms with Gasteiger partial charge in [-0.2, -0.15) is 0 Å². The molecule has 0 atom stereocenters. The Morgan fingerprint density at radius 3 is 2.68 bits per heavy atom. The Morgan fingerprint density at radius 2 is 2.11 bits per heavy atom. The first-order valence-electron chi connectivity index (χ1n) is 6.43.